The first kappa shape index (κ1) is 15.3. The van der Waals surface area contributed by atoms with Crippen LogP contribution in [0.3, 0.4) is 0 Å². The molecule has 1 amide bonds. The van der Waals surface area contributed by atoms with Gasteiger partial charge in [0.1, 0.15) is 0 Å². The van der Waals surface area contributed by atoms with Crippen molar-refractivity contribution in [1.82, 2.24) is 5.32 Å². The number of ether oxygens (including phenoxy) is 1. The molecule has 4 atom stereocenters. The van der Waals surface area contributed by atoms with Crippen LogP contribution in [0.2, 0.25) is 0 Å². The van der Waals surface area contributed by atoms with E-state index in [-0.39, 0.29) is 24.0 Å². The Hall–Kier alpha value is -1.10. The second-order valence-corrected chi connectivity index (χ2v) is 6.10. The molecule has 2 unspecified atom stereocenters. The molecule has 114 valence electrons. The lowest BCUT2D eigenvalue weighted by atomic mass is 9.91. The first-order valence-corrected chi connectivity index (χ1v) is 7.72. The Morgan fingerprint density at radius 2 is 1.90 bits per heavy atom. The van der Waals surface area contributed by atoms with Gasteiger partial charge in [0.15, 0.2) is 0 Å². The zero-order valence-corrected chi connectivity index (χ0v) is 12.1. The van der Waals surface area contributed by atoms with E-state index in [1.165, 1.54) is 0 Å². The summed E-state index contributed by atoms with van der Waals surface area (Å²) in [5, 5.41) is 12.3. The Morgan fingerprint density at radius 3 is 2.60 bits per heavy atom. The lowest BCUT2D eigenvalue weighted by molar-refractivity contribution is -0.143. The molecule has 2 aliphatic rings. The van der Waals surface area contributed by atoms with Gasteiger partial charge in [0.2, 0.25) is 5.91 Å². The number of aliphatic carboxylic acids is 1. The van der Waals surface area contributed by atoms with E-state index < -0.39 is 11.9 Å². The Morgan fingerprint density at radius 1 is 1.15 bits per heavy atom. The maximum atomic E-state index is 12.3. The first-order valence-electron chi connectivity index (χ1n) is 7.72. The quantitative estimate of drug-likeness (QED) is 0.776. The third-order valence-corrected chi connectivity index (χ3v) is 4.52. The maximum absolute atomic E-state index is 12.3. The van der Waals surface area contributed by atoms with Gasteiger partial charge in [-0.05, 0) is 32.6 Å². The molecule has 0 aromatic rings. The minimum atomic E-state index is -0.780. The molecule has 0 radical (unpaired) electrons. The molecule has 1 aliphatic carbocycles. The number of rotatable bonds is 3. The monoisotopic (exact) mass is 283 g/mol. The van der Waals surface area contributed by atoms with Gasteiger partial charge in [-0.1, -0.05) is 19.3 Å². The number of amides is 1. The fourth-order valence-electron chi connectivity index (χ4n) is 3.31. The predicted molar refractivity (Wildman–Crippen MR) is 74.3 cm³/mol. The summed E-state index contributed by atoms with van der Waals surface area (Å²) in [6.07, 6.45) is 6.04. The first-order chi connectivity index (χ1) is 9.58. The van der Waals surface area contributed by atoms with Crippen LogP contribution in [0.4, 0.5) is 0 Å². The van der Waals surface area contributed by atoms with Crippen molar-refractivity contribution in [1.29, 1.82) is 0 Å². The summed E-state index contributed by atoms with van der Waals surface area (Å²) < 4.78 is 5.45. The highest BCUT2D eigenvalue weighted by molar-refractivity contribution is 5.80. The fourth-order valence-corrected chi connectivity index (χ4v) is 3.31. The summed E-state index contributed by atoms with van der Waals surface area (Å²) in [5.74, 6) is -1.23. The number of hydrogen-bond donors (Lipinski definition) is 2. The standard InChI is InChI=1S/C15H25NO4/c1-10-9-11(7-8-20-10)14(17)16-13-6-4-2-3-5-12(13)15(18)19/h10-13H,2-9H2,1H3,(H,16,17)(H,18,19)/t10?,11?,12-,13+/m1/s1. The van der Waals surface area contributed by atoms with Crippen LogP contribution in [0.25, 0.3) is 0 Å². The van der Waals surface area contributed by atoms with Crippen LogP contribution in [-0.2, 0) is 14.3 Å². The Kier molecular flexibility index (Phi) is 5.40. The van der Waals surface area contributed by atoms with Crippen molar-refractivity contribution in [3.63, 3.8) is 0 Å². The van der Waals surface area contributed by atoms with Crippen LogP contribution in [0.1, 0.15) is 51.9 Å². The minimum Gasteiger partial charge on any atom is -0.481 e. The van der Waals surface area contributed by atoms with Crippen molar-refractivity contribution < 1.29 is 19.4 Å². The predicted octanol–water partition coefficient (Wildman–Crippen LogP) is 1.95. The summed E-state index contributed by atoms with van der Waals surface area (Å²) in [6.45, 7) is 2.59. The van der Waals surface area contributed by atoms with Crippen molar-refractivity contribution in [2.24, 2.45) is 11.8 Å². The lowest BCUT2D eigenvalue weighted by Crippen LogP contribution is -2.46. The molecule has 0 spiro atoms. The molecule has 1 aliphatic heterocycles. The molecule has 5 heteroatoms. The molecule has 2 fully saturated rings. The van der Waals surface area contributed by atoms with E-state index >= 15 is 0 Å². The van der Waals surface area contributed by atoms with Gasteiger partial charge in [-0.15, -0.1) is 0 Å². The smallest absolute Gasteiger partial charge is 0.308 e. The molecule has 1 saturated heterocycles. The third kappa shape index (κ3) is 3.95. The van der Waals surface area contributed by atoms with Crippen molar-refractivity contribution in [3.05, 3.63) is 0 Å². The average Bonchev–Trinajstić information content (AvgIpc) is 2.64. The molecule has 0 aromatic heterocycles. The van der Waals surface area contributed by atoms with Gasteiger partial charge < -0.3 is 15.2 Å². The topological polar surface area (TPSA) is 75.6 Å². The van der Waals surface area contributed by atoms with Gasteiger partial charge in [0, 0.05) is 18.6 Å². The number of nitrogens with one attached hydrogen (secondary N) is 1. The molecule has 5 nitrogen and oxygen atoms in total. The summed E-state index contributed by atoms with van der Waals surface area (Å²) in [6, 6.07) is -0.208. The molecule has 1 heterocycles. The zero-order chi connectivity index (χ0) is 14.5. The van der Waals surface area contributed by atoms with Gasteiger partial charge in [-0.25, -0.2) is 0 Å². The minimum absolute atomic E-state index is 0.0123. The van der Waals surface area contributed by atoms with E-state index in [0.717, 1.165) is 38.5 Å². The molecule has 2 rings (SSSR count). The number of carbonyl (C=O) groups is 2. The Bertz CT molecular complexity index is 358. The van der Waals surface area contributed by atoms with E-state index in [4.69, 9.17) is 4.74 Å². The Balaban J connectivity index is 1.94. The number of carboxylic acids is 1. The average molecular weight is 283 g/mol. The number of carbonyl (C=O) groups excluding carboxylic acids is 1. The van der Waals surface area contributed by atoms with Crippen LogP contribution in [0.15, 0.2) is 0 Å². The fraction of sp³-hybridized carbons (Fsp3) is 0.867. The maximum Gasteiger partial charge on any atom is 0.308 e. The third-order valence-electron chi connectivity index (χ3n) is 4.52. The molecule has 20 heavy (non-hydrogen) atoms. The highest BCUT2D eigenvalue weighted by Gasteiger charge is 2.33. The van der Waals surface area contributed by atoms with Crippen molar-refractivity contribution in [2.75, 3.05) is 6.61 Å². The van der Waals surface area contributed by atoms with Gasteiger partial charge in [-0.2, -0.15) is 0 Å². The molecule has 0 bridgehead atoms. The molecule has 1 saturated carbocycles. The highest BCUT2D eigenvalue weighted by Crippen LogP contribution is 2.26. The Labute approximate surface area is 120 Å². The van der Waals surface area contributed by atoms with E-state index in [2.05, 4.69) is 5.32 Å². The zero-order valence-electron chi connectivity index (χ0n) is 12.1. The molecular formula is C15H25NO4. The van der Waals surface area contributed by atoms with E-state index in [1.54, 1.807) is 0 Å². The van der Waals surface area contributed by atoms with Crippen LogP contribution in [0, 0.1) is 11.8 Å². The summed E-state index contributed by atoms with van der Waals surface area (Å²) >= 11 is 0. The lowest BCUT2D eigenvalue weighted by Gasteiger charge is -2.29. The second kappa shape index (κ2) is 7.07. The van der Waals surface area contributed by atoms with Gasteiger partial charge in [0.25, 0.3) is 0 Å². The van der Waals surface area contributed by atoms with Crippen molar-refractivity contribution >= 4 is 11.9 Å². The summed E-state index contributed by atoms with van der Waals surface area (Å²) in [5.41, 5.74) is 0. The van der Waals surface area contributed by atoms with Gasteiger partial charge >= 0.3 is 5.97 Å². The molecule has 2 N–H and O–H groups in total. The van der Waals surface area contributed by atoms with Crippen molar-refractivity contribution in [3.8, 4) is 0 Å². The van der Waals surface area contributed by atoms with E-state index in [1.807, 2.05) is 6.92 Å². The van der Waals surface area contributed by atoms with Crippen LogP contribution in [-0.4, -0.2) is 35.7 Å². The van der Waals surface area contributed by atoms with E-state index in [0.29, 0.717) is 13.0 Å². The van der Waals surface area contributed by atoms with Gasteiger partial charge in [-0.3, -0.25) is 9.59 Å². The van der Waals surface area contributed by atoms with Crippen LogP contribution in [0.5, 0.6) is 0 Å². The van der Waals surface area contributed by atoms with Crippen LogP contribution < -0.4 is 5.32 Å². The largest absolute Gasteiger partial charge is 0.481 e. The van der Waals surface area contributed by atoms with Gasteiger partial charge in [0.05, 0.1) is 12.0 Å². The van der Waals surface area contributed by atoms with E-state index in [9.17, 15) is 14.7 Å². The summed E-state index contributed by atoms with van der Waals surface area (Å²) in [4.78, 5) is 23.7. The molecular weight excluding hydrogens is 258 g/mol. The SMILES string of the molecule is CC1CC(C(=O)N[C@H]2CCCCC[C@H]2C(=O)O)CCO1. The highest BCUT2D eigenvalue weighted by atomic mass is 16.5. The van der Waals surface area contributed by atoms with Crippen molar-refractivity contribution in [2.45, 2.75) is 64.0 Å². The van der Waals surface area contributed by atoms with Crippen LogP contribution >= 0.6 is 0 Å². The number of hydrogen-bond acceptors (Lipinski definition) is 3. The summed E-state index contributed by atoms with van der Waals surface area (Å²) in [7, 11) is 0. The normalized spacial score (nSPS) is 35.0. The second-order valence-electron chi connectivity index (χ2n) is 6.10. The molecule has 0 aromatic carbocycles. The number of carboxylic acid groups (broad SMARTS) is 1.